The molecule has 1 aliphatic rings. The normalized spacial score (nSPS) is 13.6. The van der Waals surface area contributed by atoms with E-state index in [2.05, 4.69) is 15.5 Å². The molecule has 0 radical (unpaired) electrons. The Morgan fingerprint density at radius 3 is 2.42 bits per heavy atom. The van der Waals surface area contributed by atoms with Gasteiger partial charge in [0.2, 0.25) is 5.91 Å². The summed E-state index contributed by atoms with van der Waals surface area (Å²) < 4.78 is 13.9. The van der Waals surface area contributed by atoms with Crippen LogP contribution in [0.1, 0.15) is 36.5 Å². The second kappa shape index (κ2) is 12.6. The van der Waals surface area contributed by atoms with Crippen molar-refractivity contribution >= 4 is 46.1 Å². The number of rotatable bonds is 11. The van der Waals surface area contributed by atoms with Crippen molar-refractivity contribution in [2.45, 2.75) is 26.2 Å². The third kappa shape index (κ3) is 6.92. The van der Waals surface area contributed by atoms with E-state index in [-0.39, 0.29) is 18.2 Å². The van der Waals surface area contributed by atoms with Gasteiger partial charge in [0.1, 0.15) is 5.82 Å². The molecule has 3 aromatic rings. The second-order valence-corrected chi connectivity index (χ2v) is 9.99. The summed E-state index contributed by atoms with van der Waals surface area (Å²) in [5, 5.41) is 15.2. The number of fused-ring (bicyclic) bond motifs is 1. The first kappa shape index (κ1) is 28.5. The Kier molecular flexibility index (Phi) is 8.96. The van der Waals surface area contributed by atoms with E-state index in [4.69, 9.17) is 5.11 Å². The zero-order valence-corrected chi connectivity index (χ0v) is 22.8. The maximum absolute atomic E-state index is 13.9. The van der Waals surface area contributed by atoms with Gasteiger partial charge in [0.15, 0.2) is 0 Å². The van der Waals surface area contributed by atoms with Crippen molar-refractivity contribution in [3.8, 4) is 0 Å². The van der Waals surface area contributed by atoms with Crippen molar-refractivity contribution in [2.24, 2.45) is 0 Å². The summed E-state index contributed by atoms with van der Waals surface area (Å²) in [5.74, 6) is -1.78. The fraction of sp³-hybridized carbons (Fsp3) is 0.258. The van der Waals surface area contributed by atoms with Gasteiger partial charge in [-0.25, -0.2) is 4.39 Å². The highest BCUT2D eigenvalue weighted by Crippen LogP contribution is 2.38. The molecule has 3 aromatic carbocycles. The first-order valence-corrected chi connectivity index (χ1v) is 13.1. The maximum Gasteiger partial charge on any atom is 0.303 e. The number of nitrogens with one attached hydrogen (secondary N) is 2. The van der Waals surface area contributed by atoms with Crippen LogP contribution in [0.2, 0.25) is 0 Å². The van der Waals surface area contributed by atoms with Crippen molar-refractivity contribution in [3.63, 3.8) is 0 Å². The molecule has 0 spiro atoms. The van der Waals surface area contributed by atoms with Gasteiger partial charge in [0, 0.05) is 36.8 Å². The quantitative estimate of drug-likeness (QED) is 0.291. The molecule has 0 saturated carbocycles. The van der Waals surface area contributed by atoms with E-state index in [9.17, 15) is 18.8 Å². The van der Waals surface area contributed by atoms with Crippen LogP contribution in [0.5, 0.6) is 0 Å². The SMILES string of the molecule is CC(=O)N(CCCN(C)C)c1ccc(N/C(=C2\C(=O)Nc3cc(F)ccc32)c2cccc(CCC(=O)O)c2)cc1. The molecule has 8 nitrogen and oxygen atoms in total. The smallest absolute Gasteiger partial charge is 0.303 e. The van der Waals surface area contributed by atoms with Crippen molar-refractivity contribution in [3.05, 3.63) is 89.2 Å². The lowest BCUT2D eigenvalue weighted by molar-refractivity contribution is -0.137. The van der Waals surface area contributed by atoms with Gasteiger partial charge in [-0.2, -0.15) is 0 Å². The number of carboxylic acids is 1. The minimum Gasteiger partial charge on any atom is -0.481 e. The number of carboxylic acid groups (broad SMARTS) is 1. The van der Waals surface area contributed by atoms with E-state index in [1.807, 2.05) is 62.6 Å². The molecule has 0 fully saturated rings. The van der Waals surface area contributed by atoms with Crippen molar-refractivity contribution in [1.82, 2.24) is 4.90 Å². The van der Waals surface area contributed by atoms with Crippen LogP contribution in [0.15, 0.2) is 66.7 Å². The topological polar surface area (TPSA) is 102 Å². The van der Waals surface area contributed by atoms with Crippen LogP contribution >= 0.6 is 0 Å². The summed E-state index contributed by atoms with van der Waals surface area (Å²) in [6.07, 6.45) is 1.15. The number of aryl methyl sites for hydroxylation is 1. The zero-order valence-electron chi connectivity index (χ0n) is 22.8. The summed E-state index contributed by atoms with van der Waals surface area (Å²) in [6.45, 7) is 2.99. The predicted octanol–water partition coefficient (Wildman–Crippen LogP) is 5.08. The molecule has 0 bridgehead atoms. The summed E-state index contributed by atoms with van der Waals surface area (Å²) in [5.41, 5.74) is 4.73. The first-order valence-electron chi connectivity index (χ1n) is 13.1. The Balaban J connectivity index is 1.71. The van der Waals surface area contributed by atoms with Crippen LogP contribution in [0.3, 0.4) is 0 Å². The molecule has 2 amide bonds. The Bertz CT molecular complexity index is 1450. The van der Waals surface area contributed by atoms with Crippen molar-refractivity contribution < 1.29 is 23.9 Å². The number of carbonyl (C=O) groups excluding carboxylic acids is 2. The van der Waals surface area contributed by atoms with E-state index in [0.29, 0.717) is 46.7 Å². The van der Waals surface area contributed by atoms with Crippen molar-refractivity contribution in [1.29, 1.82) is 0 Å². The number of nitrogens with zero attached hydrogens (tertiary/aromatic N) is 2. The molecule has 0 saturated heterocycles. The molecule has 208 valence electrons. The molecule has 3 N–H and O–H groups in total. The van der Waals surface area contributed by atoms with Crippen LogP contribution in [0, 0.1) is 5.82 Å². The Labute approximate surface area is 233 Å². The number of amides is 2. The number of carbonyl (C=O) groups is 3. The van der Waals surface area contributed by atoms with E-state index in [1.165, 1.54) is 12.1 Å². The van der Waals surface area contributed by atoms with Crippen molar-refractivity contribution in [2.75, 3.05) is 42.7 Å². The standard InChI is InChI=1S/C31H33FN4O4/c1-20(37)36(17-5-16-35(2)3)25-12-10-24(11-13-25)33-30(22-7-4-6-21(18-22)8-15-28(38)39)29-26-14-9-23(32)19-27(26)34-31(29)40/h4,6-7,9-14,18-19,33H,5,8,15-17H2,1-3H3,(H,34,40)(H,38,39)/b30-29-. The zero-order chi connectivity index (χ0) is 28.8. The number of hydrogen-bond acceptors (Lipinski definition) is 5. The third-order valence-electron chi connectivity index (χ3n) is 6.63. The number of anilines is 3. The van der Waals surface area contributed by atoms with Gasteiger partial charge in [-0.3, -0.25) is 14.4 Å². The van der Waals surface area contributed by atoms with Gasteiger partial charge >= 0.3 is 5.97 Å². The average molecular weight is 545 g/mol. The first-order chi connectivity index (χ1) is 19.1. The molecule has 0 aliphatic carbocycles. The predicted molar refractivity (Wildman–Crippen MR) is 156 cm³/mol. The van der Waals surface area contributed by atoms with Crippen LogP contribution in [-0.4, -0.2) is 55.0 Å². The molecule has 4 rings (SSSR count). The number of hydrogen-bond donors (Lipinski definition) is 3. The van der Waals surface area contributed by atoms with E-state index in [1.54, 1.807) is 17.9 Å². The highest BCUT2D eigenvalue weighted by Gasteiger charge is 2.29. The molecule has 1 heterocycles. The molecule has 1 aliphatic heterocycles. The van der Waals surface area contributed by atoms with Crippen LogP contribution in [0.4, 0.5) is 21.5 Å². The Hall–Kier alpha value is -4.50. The van der Waals surface area contributed by atoms with Gasteiger partial charge < -0.3 is 25.5 Å². The number of benzene rings is 3. The lowest BCUT2D eigenvalue weighted by Crippen LogP contribution is -2.31. The molecule has 0 aromatic heterocycles. The van der Waals surface area contributed by atoms with E-state index in [0.717, 1.165) is 24.2 Å². The highest BCUT2D eigenvalue weighted by atomic mass is 19.1. The van der Waals surface area contributed by atoms with Crippen LogP contribution < -0.4 is 15.5 Å². The van der Waals surface area contributed by atoms with Gasteiger partial charge in [0.05, 0.1) is 17.0 Å². The van der Waals surface area contributed by atoms with Gasteiger partial charge in [-0.1, -0.05) is 18.2 Å². The van der Waals surface area contributed by atoms with E-state index >= 15 is 0 Å². The minimum absolute atomic E-state index is 0.0198. The maximum atomic E-state index is 13.9. The molecular weight excluding hydrogens is 511 g/mol. The van der Waals surface area contributed by atoms with Crippen LogP contribution in [-0.2, 0) is 20.8 Å². The summed E-state index contributed by atoms with van der Waals surface area (Å²) in [7, 11) is 3.98. The second-order valence-electron chi connectivity index (χ2n) is 9.99. The minimum atomic E-state index is -0.894. The van der Waals surface area contributed by atoms with Crippen LogP contribution in [0.25, 0.3) is 11.3 Å². The van der Waals surface area contributed by atoms with Gasteiger partial charge in [0.25, 0.3) is 5.91 Å². The number of aliphatic carboxylic acids is 1. The largest absolute Gasteiger partial charge is 0.481 e. The number of halogens is 1. The Morgan fingerprint density at radius 2 is 1.75 bits per heavy atom. The molecular formula is C31H33FN4O4. The highest BCUT2D eigenvalue weighted by molar-refractivity contribution is 6.37. The average Bonchev–Trinajstić information content (AvgIpc) is 3.23. The van der Waals surface area contributed by atoms with Gasteiger partial charge in [-0.05, 0) is 93.1 Å². The fourth-order valence-electron chi connectivity index (χ4n) is 4.69. The third-order valence-corrected chi connectivity index (χ3v) is 6.63. The summed E-state index contributed by atoms with van der Waals surface area (Å²) >= 11 is 0. The lowest BCUT2D eigenvalue weighted by atomic mass is 9.97. The Morgan fingerprint density at radius 1 is 1.00 bits per heavy atom. The monoisotopic (exact) mass is 544 g/mol. The summed E-state index contributed by atoms with van der Waals surface area (Å²) in [4.78, 5) is 40.4. The molecule has 9 heteroatoms. The molecule has 0 atom stereocenters. The van der Waals surface area contributed by atoms with Gasteiger partial charge in [-0.15, -0.1) is 0 Å². The molecule has 0 unspecified atom stereocenters. The lowest BCUT2D eigenvalue weighted by Gasteiger charge is -2.23. The summed E-state index contributed by atoms with van der Waals surface area (Å²) in [6, 6.07) is 18.9. The fourth-order valence-corrected chi connectivity index (χ4v) is 4.69. The molecule has 40 heavy (non-hydrogen) atoms. The van der Waals surface area contributed by atoms with E-state index < -0.39 is 11.8 Å².